The lowest BCUT2D eigenvalue weighted by Gasteiger charge is -2.35. The molecule has 4 N–H and O–H groups in total. The van der Waals surface area contributed by atoms with Gasteiger partial charge in [-0.25, -0.2) is 17.2 Å². The summed E-state index contributed by atoms with van der Waals surface area (Å²) in [5.41, 5.74) is 9.61. The monoisotopic (exact) mass is 689 g/mol. The van der Waals surface area contributed by atoms with Gasteiger partial charge in [0.05, 0.1) is 29.2 Å². The second-order valence-electron chi connectivity index (χ2n) is 14.0. The first-order valence-corrected chi connectivity index (χ1v) is 18.4. The second kappa shape index (κ2) is 13.3. The van der Waals surface area contributed by atoms with Crippen molar-refractivity contribution in [3.63, 3.8) is 0 Å². The summed E-state index contributed by atoms with van der Waals surface area (Å²) in [4.78, 5) is 30.0. The highest BCUT2D eigenvalue weighted by Gasteiger charge is 2.45. The van der Waals surface area contributed by atoms with Gasteiger partial charge in [-0.3, -0.25) is 14.3 Å². The Kier molecular flexibility index (Phi) is 9.51. The minimum atomic E-state index is -3.89. The summed E-state index contributed by atoms with van der Waals surface area (Å²) < 4.78 is 67.2. The van der Waals surface area contributed by atoms with Gasteiger partial charge in [0.15, 0.2) is 0 Å². The van der Waals surface area contributed by atoms with Crippen molar-refractivity contribution in [1.82, 2.24) is 0 Å². The van der Waals surface area contributed by atoms with E-state index in [1.807, 2.05) is 11.0 Å². The zero-order valence-electron chi connectivity index (χ0n) is 27.5. The molecule has 1 aliphatic carbocycles. The number of anilines is 4. The number of hydrogen-bond donors (Lipinski definition) is 3. The highest BCUT2D eigenvalue weighted by Crippen LogP contribution is 2.54. The van der Waals surface area contributed by atoms with Gasteiger partial charge in [0.1, 0.15) is 24.2 Å². The molecular weight excluding hydrogens is 644 g/mol. The smallest absolute Gasteiger partial charge is 0.323 e. The summed E-state index contributed by atoms with van der Waals surface area (Å²) in [6, 6.07) is 7.63. The zero-order valence-corrected chi connectivity index (χ0v) is 28.3. The first-order valence-electron chi connectivity index (χ1n) is 16.8. The average Bonchev–Trinajstić information content (AvgIpc) is 3.61. The Labute approximate surface area is 280 Å². The fourth-order valence-electron chi connectivity index (χ4n) is 6.67. The van der Waals surface area contributed by atoms with E-state index in [1.54, 1.807) is 38.1 Å². The molecular formula is C34H45F2N5O6S. The number of nitrogens with zero attached hydrogens (tertiary/aromatic N) is 2. The van der Waals surface area contributed by atoms with E-state index in [0.29, 0.717) is 46.8 Å². The number of nitrogens with two attached hydrogens (primary N) is 1. The third kappa shape index (κ3) is 7.80. The predicted molar refractivity (Wildman–Crippen MR) is 181 cm³/mol. The van der Waals surface area contributed by atoms with Crippen molar-refractivity contribution in [3.05, 3.63) is 41.5 Å². The number of halogens is 2. The van der Waals surface area contributed by atoms with Gasteiger partial charge in [0.25, 0.3) is 11.8 Å². The standard InChI is InChI=1S/C34H45F2N5O6S/c1-22(2)29(37)32(43)47-17-18-48(44,45)39-24-3-4-26(27(20-24)40-12-8-33(6-7-33)9-13-40)31(42)38-25-19-23-5-16-46-30(23)28(21-25)41-14-10-34(35,36)11-15-41/h3-4,19-22,29,39H,5-18,37H2,1-2H3,(H,38,42). The molecule has 3 fully saturated rings. The molecule has 48 heavy (non-hydrogen) atoms. The van der Waals surface area contributed by atoms with Crippen LogP contribution >= 0.6 is 0 Å². The van der Waals surface area contributed by atoms with E-state index in [4.69, 9.17) is 15.2 Å². The van der Waals surface area contributed by atoms with Crippen LogP contribution in [0, 0.1) is 11.3 Å². The Bertz CT molecular complexity index is 1650. The van der Waals surface area contributed by atoms with Crippen molar-refractivity contribution >= 4 is 44.6 Å². The number of sulfonamides is 1. The lowest BCUT2D eigenvalue weighted by molar-refractivity contribution is -0.145. The Balaban J connectivity index is 1.20. The van der Waals surface area contributed by atoms with Gasteiger partial charge in [-0.1, -0.05) is 13.8 Å². The summed E-state index contributed by atoms with van der Waals surface area (Å²) in [5, 5.41) is 3.02. The van der Waals surface area contributed by atoms with Crippen molar-refractivity contribution in [2.45, 2.75) is 70.8 Å². The quantitative estimate of drug-likeness (QED) is 0.285. The normalized spacial score (nSPS) is 20.2. The number of nitrogens with one attached hydrogen (secondary N) is 2. The molecule has 11 nitrogen and oxygen atoms in total. The van der Waals surface area contributed by atoms with Gasteiger partial charge in [-0.05, 0) is 67.3 Å². The Morgan fingerprint density at radius 3 is 2.27 bits per heavy atom. The molecule has 14 heteroatoms. The van der Waals surface area contributed by atoms with E-state index in [1.165, 1.54) is 12.8 Å². The van der Waals surface area contributed by atoms with E-state index < -0.39 is 33.7 Å². The Morgan fingerprint density at radius 1 is 0.958 bits per heavy atom. The summed E-state index contributed by atoms with van der Waals surface area (Å²) >= 11 is 0. The molecule has 0 bridgehead atoms. The predicted octanol–water partition coefficient (Wildman–Crippen LogP) is 4.76. The van der Waals surface area contributed by atoms with Crippen LogP contribution in [0.25, 0.3) is 0 Å². The van der Waals surface area contributed by atoms with E-state index in [-0.39, 0.29) is 50.1 Å². The molecule has 1 amide bonds. The number of alkyl halides is 2. The topological polar surface area (TPSA) is 143 Å². The minimum Gasteiger partial charge on any atom is -0.491 e. The molecule has 1 unspecified atom stereocenters. The minimum absolute atomic E-state index is 0.143. The molecule has 1 spiro atoms. The third-order valence-electron chi connectivity index (χ3n) is 10.1. The fraction of sp³-hybridized carbons (Fsp3) is 0.588. The molecule has 1 saturated carbocycles. The largest absolute Gasteiger partial charge is 0.491 e. The van der Waals surface area contributed by atoms with Gasteiger partial charge in [0, 0.05) is 56.7 Å². The molecule has 6 rings (SSSR count). The number of amides is 1. The first-order chi connectivity index (χ1) is 22.7. The number of hydrogen-bond acceptors (Lipinski definition) is 9. The lowest BCUT2D eigenvalue weighted by Crippen LogP contribution is -2.39. The van der Waals surface area contributed by atoms with Crippen molar-refractivity contribution < 1.29 is 36.3 Å². The van der Waals surface area contributed by atoms with Crippen LogP contribution in [0.4, 0.5) is 31.5 Å². The molecule has 2 aromatic carbocycles. The number of carbonyl (C=O) groups excluding carboxylic acids is 2. The van der Waals surface area contributed by atoms with Crippen LogP contribution in [0.3, 0.4) is 0 Å². The van der Waals surface area contributed by atoms with Crippen molar-refractivity contribution in [3.8, 4) is 5.75 Å². The molecule has 0 radical (unpaired) electrons. The number of ether oxygens (including phenoxy) is 2. The van der Waals surface area contributed by atoms with Crippen molar-refractivity contribution in [2.75, 3.05) is 65.0 Å². The molecule has 0 aromatic heterocycles. The van der Waals surface area contributed by atoms with Crippen LogP contribution in [0.2, 0.25) is 0 Å². The number of rotatable bonds is 11. The number of carbonyl (C=O) groups is 2. The number of fused-ring (bicyclic) bond motifs is 1. The molecule has 4 aliphatic rings. The zero-order chi connectivity index (χ0) is 34.3. The SMILES string of the molecule is CC(C)C(N)C(=O)OCCS(=O)(=O)Nc1ccc(C(=O)Nc2cc3c(c(N4CCC(F)(F)CC4)c2)OCC3)c(N2CCC3(CC2)CC3)c1. The van der Waals surface area contributed by atoms with Crippen molar-refractivity contribution in [2.24, 2.45) is 17.1 Å². The highest BCUT2D eigenvalue weighted by atomic mass is 32.2. The summed E-state index contributed by atoms with van der Waals surface area (Å²) in [6.07, 6.45) is 4.57. The van der Waals surface area contributed by atoms with Gasteiger partial charge in [-0.15, -0.1) is 0 Å². The van der Waals surface area contributed by atoms with Crippen LogP contribution in [0.5, 0.6) is 5.75 Å². The van der Waals surface area contributed by atoms with E-state index in [0.717, 1.165) is 31.5 Å². The molecule has 2 saturated heterocycles. The van der Waals surface area contributed by atoms with E-state index in [2.05, 4.69) is 14.9 Å². The van der Waals surface area contributed by atoms with Gasteiger partial charge in [-0.2, -0.15) is 0 Å². The summed E-state index contributed by atoms with van der Waals surface area (Å²) in [6.45, 7) is 5.54. The highest BCUT2D eigenvalue weighted by molar-refractivity contribution is 7.92. The number of benzene rings is 2. The van der Waals surface area contributed by atoms with Crippen LogP contribution in [-0.2, 0) is 26.0 Å². The first kappa shape index (κ1) is 34.2. The second-order valence-corrected chi connectivity index (χ2v) is 15.8. The average molecular weight is 690 g/mol. The molecule has 262 valence electrons. The maximum absolute atomic E-state index is 13.9. The fourth-order valence-corrected chi connectivity index (χ4v) is 7.56. The van der Waals surface area contributed by atoms with Crippen LogP contribution in [0.1, 0.15) is 68.3 Å². The lowest BCUT2D eigenvalue weighted by atomic mass is 9.93. The maximum atomic E-state index is 13.9. The number of esters is 1. The summed E-state index contributed by atoms with van der Waals surface area (Å²) in [5.74, 6) is -3.63. The van der Waals surface area contributed by atoms with Crippen LogP contribution in [-0.4, -0.2) is 77.4 Å². The molecule has 2 aromatic rings. The van der Waals surface area contributed by atoms with E-state index >= 15 is 0 Å². The molecule has 3 heterocycles. The Morgan fingerprint density at radius 2 is 1.60 bits per heavy atom. The number of piperidine rings is 2. The van der Waals surface area contributed by atoms with Gasteiger partial charge < -0.3 is 30.3 Å². The third-order valence-corrected chi connectivity index (χ3v) is 11.3. The van der Waals surface area contributed by atoms with Crippen LogP contribution < -0.4 is 30.3 Å². The van der Waals surface area contributed by atoms with E-state index in [9.17, 15) is 26.8 Å². The summed E-state index contributed by atoms with van der Waals surface area (Å²) in [7, 11) is -3.89. The molecule has 1 atom stereocenters. The van der Waals surface area contributed by atoms with Crippen molar-refractivity contribution in [1.29, 1.82) is 0 Å². The van der Waals surface area contributed by atoms with Gasteiger partial charge >= 0.3 is 5.97 Å². The van der Waals surface area contributed by atoms with Crippen LogP contribution in [0.15, 0.2) is 30.3 Å². The van der Waals surface area contributed by atoms with Gasteiger partial charge in [0.2, 0.25) is 10.0 Å². The molecule has 3 aliphatic heterocycles. The Hall–Kier alpha value is -3.65. The maximum Gasteiger partial charge on any atom is 0.323 e.